The number of ether oxygens (including phenoxy) is 2. The molecule has 0 atom stereocenters. The summed E-state index contributed by atoms with van der Waals surface area (Å²) in [4.78, 5) is 18.1. The van der Waals surface area contributed by atoms with Crippen molar-refractivity contribution < 1.29 is 14.3 Å². The van der Waals surface area contributed by atoms with Gasteiger partial charge in [0.2, 0.25) is 5.88 Å². The molecule has 0 unspecified atom stereocenters. The van der Waals surface area contributed by atoms with E-state index in [4.69, 9.17) is 15.2 Å². The van der Waals surface area contributed by atoms with Gasteiger partial charge in [-0.15, -0.1) is 0 Å². The first-order valence-electron chi connectivity index (χ1n) is 9.59. The molecule has 0 aliphatic carbocycles. The van der Waals surface area contributed by atoms with Crippen LogP contribution in [-0.2, 0) is 6.54 Å². The number of carbonyl (C=O) groups excluding carboxylic acids is 1. The molecule has 0 amide bonds. The summed E-state index contributed by atoms with van der Waals surface area (Å²) >= 11 is 0. The van der Waals surface area contributed by atoms with Gasteiger partial charge in [0, 0.05) is 28.4 Å². The number of benzene rings is 2. The third kappa shape index (κ3) is 3.37. The Morgan fingerprint density at radius 2 is 1.73 bits per heavy atom. The highest BCUT2D eigenvalue weighted by atomic mass is 16.5. The van der Waals surface area contributed by atoms with Crippen molar-refractivity contribution in [2.75, 3.05) is 20.0 Å². The fourth-order valence-corrected chi connectivity index (χ4v) is 3.65. The van der Waals surface area contributed by atoms with Crippen molar-refractivity contribution in [2.45, 2.75) is 13.5 Å². The lowest BCUT2D eigenvalue weighted by atomic mass is 10.0. The molecular formula is C24H23N3O3. The smallest absolute Gasteiger partial charge is 0.214 e. The summed E-state index contributed by atoms with van der Waals surface area (Å²) in [6.07, 6.45) is 0. The van der Waals surface area contributed by atoms with Crippen molar-refractivity contribution in [3.05, 3.63) is 83.0 Å². The molecule has 0 fully saturated rings. The minimum absolute atomic E-state index is 0.0631. The van der Waals surface area contributed by atoms with E-state index in [1.807, 2.05) is 41.8 Å². The van der Waals surface area contributed by atoms with E-state index in [0.717, 1.165) is 16.6 Å². The fourth-order valence-electron chi connectivity index (χ4n) is 3.65. The maximum atomic E-state index is 13.4. The molecule has 2 heterocycles. The van der Waals surface area contributed by atoms with Crippen LogP contribution in [0.5, 0.6) is 11.6 Å². The third-order valence-corrected chi connectivity index (χ3v) is 5.31. The van der Waals surface area contributed by atoms with Gasteiger partial charge in [0.05, 0.1) is 26.3 Å². The topological polar surface area (TPSA) is 79.4 Å². The van der Waals surface area contributed by atoms with Gasteiger partial charge >= 0.3 is 0 Å². The SMILES string of the molecule is COc1ccc(C(=O)c2c(C)n(Cc3ccccc3N)c3nc(OC)ccc23)cc1. The van der Waals surface area contributed by atoms with Gasteiger partial charge in [0.1, 0.15) is 11.4 Å². The van der Waals surface area contributed by atoms with Gasteiger partial charge in [-0.3, -0.25) is 4.79 Å². The van der Waals surface area contributed by atoms with E-state index >= 15 is 0 Å². The Morgan fingerprint density at radius 3 is 2.40 bits per heavy atom. The van der Waals surface area contributed by atoms with Crippen LogP contribution in [0.4, 0.5) is 5.69 Å². The van der Waals surface area contributed by atoms with E-state index in [0.29, 0.717) is 40.6 Å². The van der Waals surface area contributed by atoms with Crippen LogP contribution in [-0.4, -0.2) is 29.6 Å². The highest BCUT2D eigenvalue weighted by Gasteiger charge is 2.23. The zero-order chi connectivity index (χ0) is 21.3. The molecule has 30 heavy (non-hydrogen) atoms. The number of pyridine rings is 1. The number of anilines is 1. The van der Waals surface area contributed by atoms with Crippen molar-refractivity contribution in [1.29, 1.82) is 0 Å². The van der Waals surface area contributed by atoms with Crippen LogP contribution < -0.4 is 15.2 Å². The molecule has 2 N–H and O–H groups in total. The zero-order valence-corrected chi connectivity index (χ0v) is 17.2. The predicted octanol–water partition coefficient (Wildman–Crippen LogP) is 4.22. The van der Waals surface area contributed by atoms with E-state index in [1.54, 1.807) is 44.6 Å². The lowest BCUT2D eigenvalue weighted by Crippen LogP contribution is -2.08. The summed E-state index contributed by atoms with van der Waals surface area (Å²) < 4.78 is 12.5. The molecule has 2 aromatic heterocycles. The molecule has 4 aromatic rings. The molecule has 0 bridgehead atoms. The standard InChI is InChI=1S/C24H23N3O3/c1-15-22(23(28)16-8-10-18(29-2)11-9-16)19-12-13-21(30-3)26-24(19)27(15)14-17-6-4-5-7-20(17)25/h4-13H,14,25H2,1-3H3. The summed E-state index contributed by atoms with van der Waals surface area (Å²) in [6.45, 7) is 2.44. The number of hydrogen-bond donors (Lipinski definition) is 1. The second-order valence-corrected chi connectivity index (χ2v) is 7.03. The molecule has 0 saturated carbocycles. The Hall–Kier alpha value is -3.80. The second kappa shape index (κ2) is 7.91. The van der Waals surface area contributed by atoms with Gasteiger partial charge in [-0.1, -0.05) is 18.2 Å². The first-order valence-corrected chi connectivity index (χ1v) is 9.59. The summed E-state index contributed by atoms with van der Waals surface area (Å²) in [5, 5.41) is 0.781. The van der Waals surface area contributed by atoms with Crippen molar-refractivity contribution >= 4 is 22.5 Å². The number of carbonyl (C=O) groups is 1. The van der Waals surface area contributed by atoms with Gasteiger partial charge in [-0.2, -0.15) is 4.98 Å². The number of nitrogens with zero attached hydrogens (tertiary/aromatic N) is 2. The summed E-state index contributed by atoms with van der Waals surface area (Å²) in [7, 11) is 3.18. The zero-order valence-electron chi connectivity index (χ0n) is 17.2. The lowest BCUT2D eigenvalue weighted by molar-refractivity contribution is 0.103. The Kier molecular flexibility index (Phi) is 5.14. The van der Waals surface area contributed by atoms with Crippen LogP contribution in [0.2, 0.25) is 0 Å². The van der Waals surface area contributed by atoms with E-state index in [-0.39, 0.29) is 5.78 Å². The van der Waals surface area contributed by atoms with Gasteiger partial charge in [0.15, 0.2) is 5.78 Å². The van der Waals surface area contributed by atoms with E-state index in [1.165, 1.54) is 0 Å². The Labute approximate surface area is 174 Å². The quantitative estimate of drug-likeness (QED) is 0.386. The van der Waals surface area contributed by atoms with Crippen LogP contribution in [0, 0.1) is 6.92 Å². The molecule has 6 heteroatoms. The minimum Gasteiger partial charge on any atom is -0.497 e. The van der Waals surface area contributed by atoms with Gasteiger partial charge in [-0.05, 0) is 48.9 Å². The molecule has 4 rings (SSSR count). The molecule has 0 aliphatic rings. The molecule has 0 radical (unpaired) electrons. The first kappa shape index (κ1) is 19.5. The number of rotatable bonds is 6. The molecular weight excluding hydrogens is 378 g/mol. The largest absolute Gasteiger partial charge is 0.497 e. The van der Waals surface area contributed by atoms with E-state index in [2.05, 4.69) is 4.98 Å². The van der Waals surface area contributed by atoms with Crippen molar-refractivity contribution in [3.8, 4) is 11.6 Å². The average Bonchev–Trinajstić information content (AvgIpc) is 3.05. The molecule has 2 aromatic carbocycles. The third-order valence-electron chi connectivity index (χ3n) is 5.31. The Morgan fingerprint density at radius 1 is 1.00 bits per heavy atom. The molecule has 0 spiro atoms. The van der Waals surface area contributed by atoms with Crippen LogP contribution >= 0.6 is 0 Å². The van der Waals surface area contributed by atoms with Gasteiger partial charge in [-0.25, -0.2) is 0 Å². The van der Waals surface area contributed by atoms with E-state index in [9.17, 15) is 4.79 Å². The first-order chi connectivity index (χ1) is 14.5. The van der Waals surface area contributed by atoms with Gasteiger partial charge in [0.25, 0.3) is 0 Å². The highest BCUT2D eigenvalue weighted by Crippen LogP contribution is 2.30. The number of nitrogen functional groups attached to an aromatic ring is 1. The maximum absolute atomic E-state index is 13.4. The number of fused-ring (bicyclic) bond motifs is 1. The molecule has 152 valence electrons. The monoisotopic (exact) mass is 401 g/mol. The maximum Gasteiger partial charge on any atom is 0.214 e. The molecule has 0 saturated heterocycles. The van der Waals surface area contributed by atoms with Crippen LogP contribution in [0.15, 0.2) is 60.7 Å². The van der Waals surface area contributed by atoms with Crippen LogP contribution in [0.25, 0.3) is 11.0 Å². The van der Waals surface area contributed by atoms with Crippen molar-refractivity contribution in [2.24, 2.45) is 0 Å². The predicted molar refractivity (Wildman–Crippen MR) is 117 cm³/mol. The van der Waals surface area contributed by atoms with Crippen molar-refractivity contribution in [1.82, 2.24) is 9.55 Å². The van der Waals surface area contributed by atoms with Crippen LogP contribution in [0.3, 0.4) is 0 Å². The lowest BCUT2D eigenvalue weighted by Gasteiger charge is -2.11. The number of ketones is 1. The number of nitrogens with two attached hydrogens (primary N) is 1. The minimum atomic E-state index is -0.0631. The Bertz CT molecular complexity index is 1230. The normalized spacial score (nSPS) is 10.9. The molecule has 6 nitrogen and oxygen atoms in total. The average molecular weight is 401 g/mol. The summed E-state index contributed by atoms with van der Waals surface area (Å²) in [6, 6.07) is 18.5. The number of para-hydroxylation sites is 1. The fraction of sp³-hybridized carbons (Fsp3) is 0.167. The summed E-state index contributed by atoms with van der Waals surface area (Å²) in [5.74, 6) is 1.13. The van der Waals surface area contributed by atoms with Crippen molar-refractivity contribution in [3.63, 3.8) is 0 Å². The number of aromatic nitrogens is 2. The van der Waals surface area contributed by atoms with E-state index < -0.39 is 0 Å². The number of hydrogen-bond acceptors (Lipinski definition) is 5. The highest BCUT2D eigenvalue weighted by molar-refractivity contribution is 6.17. The van der Waals surface area contributed by atoms with Gasteiger partial charge < -0.3 is 19.8 Å². The Balaban J connectivity index is 1.88. The summed E-state index contributed by atoms with van der Waals surface area (Å²) in [5.41, 5.74) is 10.6. The number of methoxy groups -OCH3 is 2. The molecule has 0 aliphatic heterocycles. The van der Waals surface area contributed by atoms with Crippen LogP contribution in [0.1, 0.15) is 27.2 Å². The second-order valence-electron chi connectivity index (χ2n) is 7.03.